The molecule has 2 aliphatic heterocycles. The molecule has 0 aromatic heterocycles. The molecule has 0 aliphatic carbocycles. The number of piperazine rings is 1. The van der Waals surface area contributed by atoms with Crippen LogP contribution in [0.15, 0.2) is 48.2 Å². The first-order chi connectivity index (χ1) is 14.4. The molecular formula is C22H20Cl2FN3O2. The summed E-state index contributed by atoms with van der Waals surface area (Å²) in [5.74, 6) is -1.50. The van der Waals surface area contributed by atoms with Crippen LogP contribution >= 0.6 is 23.2 Å². The zero-order chi connectivity index (χ0) is 21.4. The number of halogens is 3. The van der Waals surface area contributed by atoms with Gasteiger partial charge in [0.1, 0.15) is 11.5 Å². The fraction of sp³-hybridized carbons (Fsp3) is 0.273. The van der Waals surface area contributed by atoms with E-state index in [2.05, 4.69) is 11.8 Å². The molecule has 0 saturated carbocycles. The highest BCUT2D eigenvalue weighted by molar-refractivity contribution is 6.45. The van der Waals surface area contributed by atoms with Crippen LogP contribution in [0.25, 0.3) is 5.57 Å². The highest BCUT2D eigenvalue weighted by Crippen LogP contribution is 2.36. The predicted octanol–water partition coefficient (Wildman–Crippen LogP) is 4.05. The normalized spacial score (nSPS) is 18.0. The van der Waals surface area contributed by atoms with Crippen molar-refractivity contribution in [2.45, 2.75) is 6.92 Å². The fourth-order valence-electron chi connectivity index (χ4n) is 3.83. The van der Waals surface area contributed by atoms with Crippen LogP contribution in [0.4, 0.5) is 10.1 Å². The lowest BCUT2D eigenvalue weighted by atomic mass is 10.0. The van der Waals surface area contributed by atoms with Crippen LogP contribution in [0.1, 0.15) is 12.5 Å². The lowest BCUT2D eigenvalue weighted by Crippen LogP contribution is -2.47. The monoisotopic (exact) mass is 447 g/mol. The molecule has 0 radical (unpaired) electrons. The van der Waals surface area contributed by atoms with Crippen LogP contribution in [0.3, 0.4) is 0 Å². The Morgan fingerprint density at radius 1 is 0.933 bits per heavy atom. The number of benzene rings is 2. The van der Waals surface area contributed by atoms with Gasteiger partial charge in [-0.05, 0) is 42.4 Å². The molecule has 0 spiro atoms. The van der Waals surface area contributed by atoms with E-state index in [0.717, 1.165) is 30.6 Å². The molecule has 5 nitrogen and oxygen atoms in total. The van der Waals surface area contributed by atoms with Gasteiger partial charge in [-0.1, -0.05) is 42.3 Å². The van der Waals surface area contributed by atoms with Crippen molar-refractivity contribution in [3.05, 3.63) is 69.6 Å². The zero-order valence-corrected chi connectivity index (χ0v) is 17.9. The van der Waals surface area contributed by atoms with Gasteiger partial charge in [0.25, 0.3) is 11.8 Å². The molecule has 0 bridgehead atoms. The van der Waals surface area contributed by atoms with E-state index >= 15 is 0 Å². The Morgan fingerprint density at radius 3 is 2.20 bits per heavy atom. The average molecular weight is 448 g/mol. The molecule has 0 unspecified atom stereocenters. The van der Waals surface area contributed by atoms with E-state index < -0.39 is 17.6 Å². The summed E-state index contributed by atoms with van der Waals surface area (Å²) >= 11 is 11.9. The van der Waals surface area contributed by atoms with Gasteiger partial charge >= 0.3 is 0 Å². The van der Waals surface area contributed by atoms with Crippen molar-refractivity contribution in [1.82, 2.24) is 9.80 Å². The number of likely N-dealkylation sites (N-methyl/N-ethyl adjacent to an activating group) is 1. The summed E-state index contributed by atoms with van der Waals surface area (Å²) in [5.41, 5.74) is 1.53. The highest BCUT2D eigenvalue weighted by Gasteiger charge is 2.43. The smallest absolute Gasteiger partial charge is 0.282 e. The van der Waals surface area contributed by atoms with Gasteiger partial charge < -0.3 is 9.80 Å². The van der Waals surface area contributed by atoms with E-state index in [-0.39, 0.29) is 10.7 Å². The number of amides is 2. The molecule has 4 rings (SSSR count). The maximum Gasteiger partial charge on any atom is 0.282 e. The first-order valence-electron chi connectivity index (χ1n) is 9.72. The molecule has 2 amide bonds. The number of anilines is 1. The third-order valence-corrected chi connectivity index (χ3v) is 6.03. The molecule has 30 heavy (non-hydrogen) atoms. The summed E-state index contributed by atoms with van der Waals surface area (Å²) in [5, 5.41) is 0.391. The van der Waals surface area contributed by atoms with Gasteiger partial charge in [0, 0.05) is 31.2 Å². The van der Waals surface area contributed by atoms with Crippen molar-refractivity contribution in [2.75, 3.05) is 37.6 Å². The Hall–Kier alpha value is -2.41. The molecule has 2 heterocycles. The molecule has 8 heteroatoms. The molecule has 0 atom stereocenters. The topological polar surface area (TPSA) is 43.9 Å². The number of carbonyl (C=O) groups is 2. The van der Waals surface area contributed by atoms with Crippen LogP contribution in [-0.2, 0) is 9.59 Å². The Labute approximate surface area is 184 Å². The highest BCUT2D eigenvalue weighted by atomic mass is 35.5. The summed E-state index contributed by atoms with van der Waals surface area (Å²) in [6, 6.07) is 10.7. The molecule has 2 aromatic rings. The maximum atomic E-state index is 13.6. The number of imide groups is 1. The minimum atomic E-state index is -0.610. The van der Waals surface area contributed by atoms with Crippen molar-refractivity contribution >= 4 is 46.3 Å². The van der Waals surface area contributed by atoms with Crippen molar-refractivity contribution < 1.29 is 14.0 Å². The lowest BCUT2D eigenvalue weighted by Gasteiger charge is -2.36. The minimum Gasteiger partial charge on any atom is -0.364 e. The molecule has 0 N–H and O–H groups in total. The van der Waals surface area contributed by atoms with Gasteiger partial charge in [0.2, 0.25) is 0 Å². The van der Waals surface area contributed by atoms with Gasteiger partial charge in [-0.15, -0.1) is 0 Å². The summed E-state index contributed by atoms with van der Waals surface area (Å²) in [4.78, 5) is 32.2. The van der Waals surface area contributed by atoms with E-state index in [1.807, 2.05) is 4.90 Å². The number of hydrogen-bond donors (Lipinski definition) is 0. The van der Waals surface area contributed by atoms with Crippen LogP contribution in [0.5, 0.6) is 0 Å². The largest absolute Gasteiger partial charge is 0.364 e. The lowest BCUT2D eigenvalue weighted by molar-refractivity contribution is -0.120. The predicted molar refractivity (Wildman–Crippen MR) is 116 cm³/mol. The molecule has 1 saturated heterocycles. The summed E-state index contributed by atoms with van der Waals surface area (Å²) in [6.07, 6.45) is 0. The average Bonchev–Trinajstić information content (AvgIpc) is 3.01. The minimum absolute atomic E-state index is 0.147. The standard InChI is InChI=1S/C22H20Cl2FN3O2/c1-2-26-9-11-27(12-10-26)20-19(14-3-5-15(23)6-4-14)21(29)28(22(20)30)16-7-8-18(25)17(24)13-16/h3-8,13H,2,9-12H2,1H3. The Kier molecular flexibility index (Phi) is 5.82. The van der Waals surface area contributed by atoms with Crippen LogP contribution in [0.2, 0.25) is 10.0 Å². The number of nitrogens with zero attached hydrogens (tertiary/aromatic N) is 3. The Balaban J connectivity index is 1.78. The number of hydrogen-bond acceptors (Lipinski definition) is 4. The third kappa shape index (κ3) is 3.71. The second kappa shape index (κ2) is 8.38. The summed E-state index contributed by atoms with van der Waals surface area (Å²) in [6.45, 7) is 5.91. The quantitative estimate of drug-likeness (QED) is 0.662. The fourth-order valence-corrected chi connectivity index (χ4v) is 4.14. The zero-order valence-electron chi connectivity index (χ0n) is 16.4. The van der Waals surface area contributed by atoms with E-state index in [1.165, 1.54) is 12.1 Å². The van der Waals surface area contributed by atoms with E-state index in [1.54, 1.807) is 24.3 Å². The molecular weight excluding hydrogens is 428 g/mol. The molecule has 2 aliphatic rings. The van der Waals surface area contributed by atoms with Crippen molar-refractivity contribution in [3.63, 3.8) is 0 Å². The number of carbonyl (C=O) groups excluding carboxylic acids is 2. The second-order valence-electron chi connectivity index (χ2n) is 7.20. The van der Waals surface area contributed by atoms with E-state index in [9.17, 15) is 14.0 Å². The van der Waals surface area contributed by atoms with Crippen molar-refractivity contribution in [3.8, 4) is 0 Å². The Morgan fingerprint density at radius 2 is 1.60 bits per heavy atom. The second-order valence-corrected chi connectivity index (χ2v) is 8.04. The van der Waals surface area contributed by atoms with Crippen LogP contribution in [0, 0.1) is 5.82 Å². The Bertz CT molecular complexity index is 1030. The van der Waals surface area contributed by atoms with Crippen molar-refractivity contribution in [1.29, 1.82) is 0 Å². The van der Waals surface area contributed by atoms with Crippen LogP contribution < -0.4 is 4.90 Å². The number of rotatable bonds is 4. The first kappa shape index (κ1) is 20.8. The molecule has 156 valence electrons. The SMILES string of the molecule is CCN1CCN(C2=C(c3ccc(Cl)cc3)C(=O)N(c3ccc(F)c(Cl)c3)C2=O)CC1. The summed E-state index contributed by atoms with van der Waals surface area (Å²) < 4.78 is 13.6. The van der Waals surface area contributed by atoms with Gasteiger partial charge in [-0.3, -0.25) is 9.59 Å². The summed E-state index contributed by atoms with van der Waals surface area (Å²) in [7, 11) is 0. The van der Waals surface area contributed by atoms with Gasteiger partial charge in [-0.2, -0.15) is 0 Å². The third-order valence-electron chi connectivity index (χ3n) is 5.49. The van der Waals surface area contributed by atoms with E-state index in [0.29, 0.717) is 34.9 Å². The van der Waals surface area contributed by atoms with Gasteiger partial charge in [0.05, 0.1) is 16.3 Å². The van der Waals surface area contributed by atoms with E-state index in [4.69, 9.17) is 23.2 Å². The molecule has 2 aromatic carbocycles. The first-order valence-corrected chi connectivity index (χ1v) is 10.5. The van der Waals surface area contributed by atoms with Crippen LogP contribution in [-0.4, -0.2) is 54.3 Å². The maximum absolute atomic E-state index is 13.6. The van der Waals surface area contributed by atoms with Gasteiger partial charge in [0.15, 0.2) is 0 Å². The van der Waals surface area contributed by atoms with Crippen molar-refractivity contribution in [2.24, 2.45) is 0 Å². The molecule has 1 fully saturated rings. The van der Waals surface area contributed by atoms with Gasteiger partial charge in [-0.25, -0.2) is 9.29 Å².